The van der Waals surface area contributed by atoms with Gasteiger partial charge in [0.15, 0.2) is 0 Å². The average molecular weight is 414 g/mol. The van der Waals surface area contributed by atoms with E-state index in [0.29, 0.717) is 31.9 Å². The van der Waals surface area contributed by atoms with Crippen LogP contribution >= 0.6 is 0 Å². The number of fused-ring (bicyclic) bond motifs is 2. The predicted octanol–water partition coefficient (Wildman–Crippen LogP) is 1.87. The molecular weight excluding hydrogens is 382 g/mol. The Balaban J connectivity index is 1.66. The van der Waals surface area contributed by atoms with Crippen LogP contribution < -0.4 is 0 Å². The molecule has 4 rings (SSSR count). The molecule has 0 aliphatic carbocycles. The maximum Gasteiger partial charge on any atom is 0.319 e. The lowest BCUT2D eigenvalue weighted by Gasteiger charge is -2.46. The summed E-state index contributed by atoms with van der Waals surface area (Å²) in [6.07, 6.45) is 5.33. The first kappa shape index (κ1) is 20.4. The van der Waals surface area contributed by atoms with E-state index in [2.05, 4.69) is 25.1 Å². The summed E-state index contributed by atoms with van der Waals surface area (Å²) in [5.41, 5.74) is 2.57. The van der Waals surface area contributed by atoms with E-state index < -0.39 is 0 Å². The number of likely N-dealkylation sites (tertiary alicyclic amines) is 1. The number of amides is 3. The first-order chi connectivity index (χ1) is 14.2. The Morgan fingerprint density at radius 2 is 1.87 bits per heavy atom. The summed E-state index contributed by atoms with van der Waals surface area (Å²) in [4.78, 5) is 31.2. The normalized spacial score (nSPS) is 18.1. The van der Waals surface area contributed by atoms with Crippen molar-refractivity contribution in [1.82, 2.24) is 34.3 Å². The summed E-state index contributed by atoms with van der Waals surface area (Å²) in [5.74, 6) is -0.0101. The van der Waals surface area contributed by atoms with Crippen molar-refractivity contribution in [2.45, 2.75) is 44.7 Å². The lowest BCUT2D eigenvalue weighted by molar-refractivity contribution is 0.0573. The van der Waals surface area contributed by atoms with Gasteiger partial charge < -0.3 is 14.7 Å². The van der Waals surface area contributed by atoms with Crippen molar-refractivity contribution in [1.29, 1.82) is 0 Å². The highest BCUT2D eigenvalue weighted by atomic mass is 16.2. The summed E-state index contributed by atoms with van der Waals surface area (Å²) >= 11 is 0. The highest BCUT2D eigenvalue weighted by Gasteiger charge is 2.46. The standard InChI is InChI=1S/C21H31N7O2/c1-15(2)28-13-16-12-27(19(29)17-6-9-22-25(17)5)14-21(18(16)23-28)7-10-26(11-8-21)20(30)24(3)4/h6,9,13,15H,7-8,10-12,14H2,1-5H3. The molecular formula is C21H31N7O2. The van der Waals surface area contributed by atoms with E-state index >= 15 is 0 Å². The van der Waals surface area contributed by atoms with Gasteiger partial charge in [-0.3, -0.25) is 14.2 Å². The van der Waals surface area contributed by atoms with Crippen molar-refractivity contribution in [3.8, 4) is 0 Å². The Bertz CT molecular complexity index is 950. The van der Waals surface area contributed by atoms with E-state index in [9.17, 15) is 9.59 Å². The lowest BCUT2D eigenvalue weighted by atomic mass is 9.72. The Hall–Kier alpha value is -2.84. The number of nitrogens with zero attached hydrogens (tertiary/aromatic N) is 7. The van der Waals surface area contributed by atoms with Gasteiger partial charge >= 0.3 is 6.03 Å². The van der Waals surface area contributed by atoms with Crippen LogP contribution in [0.2, 0.25) is 0 Å². The van der Waals surface area contributed by atoms with Crippen LogP contribution in [0.15, 0.2) is 18.5 Å². The molecule has 4 heterocycles. The van der Waals surface area contributed by atoms with Crippen LogP contribution in [0.25, 0.3) is 0 Å². The van der Waals surface area contributed by atoms with Gasteiger partial charge in [0.2, 0.25) is 0 Å². The number of carbonyl (C=O) groups is 2. The fraction of sp³-hybridized carbons (Fsp3) is 0.619. The highest BCUT2D eigenvalue weighted by molar-refractivity contribution is 5.92. The van der Waals surface area contributed by atoms with Crippen LogP contribution in [0.5, 0.6) is 0 Å². The number of carbonyl (C=O) groups excluding carboxylic acids is 2. The Kier molecular flexibility index (Phi) is 5.07. The molecule has 2 aliphatic heterocycles. The second-order valence-electron chi connectivity index (χ2n) is 9.02. The van der Waals surface area contributed by atoms with E-state index in [-0.39, 0.29) is 23.4 Å². The summed E-state index contributed by atoms with van der Waals surface area (Å²) < 4.78 is 3.63. The van der Waals surface area contributed by atoms with Gasteiger partial charge in [0.05, 0.1) is 5.69 Å². The molecule has 1 saturated heterocycles. The van der Waals surface area contributed by atoms with E-state index in [1.165, 1.54) is 0 Å². The number of rotatable bonds is 2. The van der Waals surface area contributed by atoms with Crippen LogP contribution in [0.3, 0.4) is 0 Å². The molecule has 9 heteroatoms. The molecule has 2 aliphatic rings. The molecule has 0 radical (unpaired) electrons. The molecule has 0 aromatic carbocycles. The number of aryl methyl sites for hydroxylation is 1. The number of hydrogen-bond donors (Lipinski definition) is 0. The minimum Gasteiger partial charge on any atom is -0.332 e. The van der Waals surface area contributed by atoms with Gasteiger partial charge in [-0.05, 0) is 32.8 Å². The molecule has 0 atom stereocenters. The molecule has 3 amide bonds. The van der Waals surface area contributed by atoms with Crippen LogP contribution in [0, 0.1) is 0 Å². The Labute approximate surface area is 177 Å². The largest absolute Gasteiger partial charge is 0.332 e. The molecule has 2 aromatic heterocycles. The van der Waals surface area contributed by atoms with Gasteiger partial charge in [-0.2, -0.15) is 10.2 Å². The van der Waals surface area contributed by atoms with Crippen molar-refractivity contribution in [2.75, 3.05) is 33.7 Å². The van der Waals surface area contributed by atoms with Gasteiger partial charge in [-0.15, -0.1) is 0 Å². The molecule has 162 valence electrons. The number of piperidine rings is 1. The number of hydrogen-bond acceptors (Lipinski definition) is 4. The van der Waals surface area contributed by atoms with E-state index in [4.69, 9.17) is 5.10 Å². The molecule has 2 aromatic rings. The fourth-order valence-electron chi connectivity index (χ4n) is 4.65. The van der Waals surface area contributed by atoms with Crippen molar-refractivity contribution in [2.24, 2.45) is 7.05 Å². The first-order valence-corrected chi connectivity index (χ1v) is 10.5. The summed E-state index contributed by atoms with van der Waals surface area (Å²) in [7, 11) is 5.36. The molecule has 0 bridgehead atoms. The van der Waals surface area contributed by atoms with Crippen molar-refractivity contribution in [3.05, 3.63) is 35.4 Å². The summed E-state index contributed by atoms with van der Waals surface area (Å²) in [5, 5.41) is 9.11. The highest BCUT2D eigenvalue weighted by Crippen LogP contribution is 2.41. The maximum absolute atomic E-state index is 13.3. The minimum absolute atomic E-state index is 0.0101. The third kappa shape index (κ3) is 3.36. The molecule has 0 unspecified atom stereocenters. The van der Waals surface area contributed by atoms with E-state index in [0.717, 1.165) is 24.1 Å². The maximum atomic E-state index is 13.3. The summed E-state index contributed by atoms with van der Waals surface area (Å²) in [6.45, 7) is 6.72. The minimum atomic E-state index is -0.231. The van der Waals surface area contributed by atoms with Gasteiger partial charge in [0, 0.05) is 76.7 Å². The first-order valence-electron chi connectivity index (χ1n) is 10.5. The molecule has 0 N–H and O–H groups in total. The topological polar surface area (TPSA) is 79.5 Å². The van der Waals surface area contributed by atoms with Crippen molar-refractivity contribution >= 4 is 11.9 Å². The third-order valence-electron chi connectivity index (χ3n) is 6.39. The SMILES string of the molecule is CC(C)n1cc2c(n1)C1(CCN(C(=O)N(C)C)CC1)CN(C(=O)c1ccnn1C)C2. The zero-order valence-corrected chi connectivity index (χ0v) is 18.5. The predicted molar refractivity (Wildman–Crippen MR) is 112 cm³/mol. The molecule has 30 heavy (non-hydrogen) atoms. The smallest absolute Gasteiger partial charge is 0.319 e. The van der Waals surface area contributed by atoms with Crippen LogP contribution in [-0.2, 0) is 19.0 Å². The van der Waals surface area contributed by atoms with E-state index in [1.807, 2.05) is 14.5 Å². The molecule has 9 nitrogen and oxygen atoms in total. The molecule has 0 saturated carbocycles. The zero-order valence-electron chi connectivity index (χ0n) is 18.5. The van der Waals surface area contributed by atoms with Crippen LogP contribution in [-0.4, -0.2) is 79.9 Å². The van der Waals surface area contributed by atoms with Crippen LogP contribution in [0.1, 0.15) is 54.5 Å². The fourth-order valence-corrected chi connectivity index (χ4v) is 4.65. The quantitative estimate of drug-likeness (QED) is 0.753. The van der Waals surface area contributed by atoms with Gasteiger partial charge in [0.1, 0.15) is 5.69 Å². The lowest BCUT2D eigenvalue weighted by Crippen LogP contribution is -2.55. The van der Waals surface area contributed by atoms with Gasteiger partial charge in [0.25, 0.3) is 5.91 Å². The van der Waals surface area contributed by atoms with Crippen molar-refractivity contribution in [3.63, 3.8) is 0 Å². The zero-order chi connectivity index (χ0) is 21.6. The van der Waals surface area contributed by atoms with Crippen molar-refractivity contribution < 1.29 is 9.59 Å². The monoisotopic (exact) mass is 413 g/mol. The molecule has 1 spiro atoms. The third-order valence-corrected chi connectivity index (χ3v) is 6.39. The number of aromatic nitrogens is 4. The van der Waals surface area contributed by atoms with Gasteiger partial charge in [-0.1, -0.05) is 0 Å². The number of urea groups is 1. The van der Waals surface area contributed by atoms with Crippen LogP contribution in [0.4, 0.5) is 4.79 Å². The second-order valence-corrected chi connectivity index (χ2v) is 9.02. The van der Waals surface area contributed by atoms with Gasteiger partial charge in [-0.25, -0.2) is 4.79 Å². The Morgan fingerprint density at radius 1 is 1.17 bits per heavy atom. The molecule has 1 fully saturated rings. The van der Waals surface area contributed by atoms with E-state index in [1.54, 1.807) is 43.0 Å². The second kappa shape index (κ2) is 7.45. The Morgan fingerprint density at radius 3 is 2.43 bits per heavy atom. The average Bonchev–Trinajstić information content (AvgIpc) is 3.34. The summed E-state index contributed by atoms with van der Waals surface area (Å²) in [6, 6.07) is 2.06.